The van der Waals surface area contributed by atoms with Crippen LogP contribution in [-0.2, 0) is 10.0 Å². The molecular weight excluding hydrogens is 336 g/mol. The minimum atomic E-state index is -3.79. The van der Waals surface area contributed by atoms with E-state index in [1.807, 2.05) is 0 Å². The second kappa shape index (κ2) is 5.22. The second-order valence-corrected chi connectivity index (χ2v) is 6.29. The van der Waals surface area contributed by atoms with Crippen LogP contribution in [0.2, 0.25) is 0 Å². The van der Waals surface area contributed by atoms with Crippen molar-refractivity contribution in [2.45, 2.75) is 11.8 Å². The summed E-state index contributed by atoms with van der Waals surface area (Å²) in [6.45, 7) is 1.67. The van der Waals surface area contributed by atoms with Gasteiger partial charge in [-0.1, -0.05) is 21.1 Å². The average Bonchev–Trinajstić information content (AvgIpc) is 2.74. The maximum Gasteiger partial charge on any atom is 0.266 e. The predicted octanol–water partition coefficient (Wildman–Crippen LogP) is 2.55. The van der Waals surface area contributed by atoms with Crippen molar-refractivity contribution in [3.63, 3.8) is 0 Å². The van der Waals surface area contributed by atoms with Crippen LogP contribution in [0.1, 0.15) is 5.76 Å². The van der Waals surface area contributed by atoms with Crippen LogP contribution in [0.25, 0.3) is 0 Å². The minimum absolute atomic E-state index is 0.0185. The summed E-state index contributed by atoms with van der Waals surface area (Å²) >= 11 is 3.23. The van der Waals surface area contributed by atoms with Gasteiger partial charge in [-0.2, -0.15) is 0 Å². The fraction of sp³-hybridized carbons (Fsp3) is 0.182. The molecule has 1 heterocycles. The van der Waals surface area contributed by atoms with Crippen molar-refractivity contribution >= 4 is 31.8 Å². The Morgan fingerprint density at radius 3 is 2.68 bits per heavy atom. The van der Waals surface area contributed by atoms with E-state index in [9.17, 15) is 8.42 Å². The van der Waals surface area contributed by atoms with Crippen LogP contribution in [0, 0.1) is 6.92 Å². The van der Waals surface area contributed by atoms with Crippen LogP contribution in [0.3, 0.4) is 0 Å². The van der Waals surface area contributed by atoms with Crippen molar-refractivity contribution in [3.05, 3.63) is 34.5 Å². The maximum atomic E-state index is 12.2. The van der Waals surface area contributed by atoms with Crippen molar-refractivity contribution in [2.75, 3.05) is 11.8 Å². The fourth-order valence-electron chi connectivity index (χ4n) is 1.47. The molecule has 2 aromatic rings. The number of methoxy groups -OCH3 is 1. The Morgan fingerprint density at radius 2 is 2.11 bits per heavy atom. The fourth-order valence-corrected chi connectivity index (χ4v) is 3.16. The Hall–Kier alpha value is -1.54. The van der Waals surface area contributed by atoms with Gasteiger partial charge in [-0.05, 0) is 25.1 Å². The topological polar surface area (TPSA) is 81.4 Å². The highest BCUT2D eigenvalue weighted by atomic mass is 79.9. The van der Waals surface area contributed by atoms with E-state index in [0.717, 1.165) is 0 Å². The molecular formula is C11H11BrN2O4S. The number of hydrogen-bond donors (Lipinski definition) is 1. The highest BCUT2D eigenvalue weighted by Gasteiger charge is 2.21. The zero-order valence-electron chi connectivity index (χ0n) is 10.2. The summed E-state index contributed by atoms with van der Waals surface area (Å²) in [5.41, 5.74) is 0. The Labute approximate surface area is 118 Å². The number of aryl methyl sites for hydroxylation is 1. The molecule has 102 valence electrons. The highest BCUT2D eigenvalue weighted by Crippen LogP contribution is 2.28. The van der Waals surface area contributed by atoms with Crippen molar-refractivity contribution in [1.29, 1.82) is 0 Å². The van der Waals surface area contributed by atoms with Gasteiger partial charge >= 0.3 is 0 Å². The molecule has 0 fully saturated rings. The van der Waals surface area contributed by atoms with Crippen molar-refractivity contribution in [1.82, 2.24) is 5.16 Å². The van der Waals surface area contributed by atoms with Gasteiger partial charge in [-0.25, -0.2) is 8.42 Å². The lowest BCUT2D eigenvalue weighted by molar-refractivity contribution is 0.399. The lowest BCUT2D eigenvalue weighted by atomic mass is 10.3. The molecule has 1 aromatic carbocycles. The number of hydrogen-bond acceptors (Lipinski definition) is 5. The first-order valence-electron chi connectivity index (χ1n) is 5.22. The molecule has 0 bridgehead atoms. The molecule has 0 saturated carbocycles. The summed E-state index contributed by atoms with van der Waals surface area (Å²) < 4.78 is 37.3. The van der Waals surface area contributed by atoms with E-state index < -0.39 is 10.0 Å². The largest absolute Gasteiger partial charge is 0.495 e. The van der Waals surface area contributed by atoms with Crippen molar-refractivity contribution < 1.29 is 17.7 Å². The number of anilines is 1. The van der Waals surface area contributed by atoms with Crippen molar-refractivity contribution in [3.8, 4) is 5.75 Å². The van der Waals surface area contributed by atoms with Crippen LogP contribution in [0.4, 0.5) is 5.82 Å². The third-order valence-corrected chi connectivity index (χ3v) is 4.15. The molecule has 0 radical (unpaired) electrons. The first kappa shape index (κ1) is 13.9. The standard InChI is InChI=1S/C11H11BrN2O4S/c1-7-5-11(13-18-7)14-19(15,16)10-6-8(12)3-4-9(10)17-2/h3-6H,1-2H3,(H,13,14). The molecule has 8 heteroatoms. The molecule has 6 nitrogen and oxygen atoms in total. The number of benzene rings is 1. The van der Waals surface area contributed by atoms with Crippen molar-refractivity contribution in [2.24, 2.45) is 0 Å². The molecule has 0 saturated heterocycles. The molecule has 1 aromatic heterocycles. The minimum Gasteiger partial charge on any atom is -0.495 e. The zero-order chi connectivity index (χ0) is 14.0. The molecule has 0 aliphatic carbocycles. The number of rotatable bonds is 4. The van der Waals surface area contributed by atoms with Gasteiger partial charge in [0.25, 0.3) is 10.0 Å². The summed E-state index contributed by atoms with van der Waals surface area (Å²) in [5.74, 6) is 0.884. The van der Waals surface area contributed by atoms with Crippen LogP contribution in [0.5, 0.6) is 5.75 Å². The quantitative estimate of drug-likeness (QED) is 0.919. The Balaban J connectivity index is 2.41. The molecule has 0 atom stereocenters. The Kier molecular flexibility index (Phi) is 3.81. The molecule has 2 rings (SSSR count). The summed E-state index contributed by atoms with van der Waals surface area (Å²) in [6.07, 6.45) is 0. The van der Waals surface area contributed by atoms with Gasteiger partial charge in [0.2, 0.25) is 0 Å². The molecule has 0 spiro atoms. The van der Waals surface area contributed by atoms with E-state index in [0.29, 0.717) is 10.2 Å². The van der Waals surface area contributed by atoms with Gasteiger partial charge < -0.3 is 9.26 Å². The Morgan fingerprint density at radius 1 is 1.37 bits per heavy atom. The number of sulfonamides is 1. The number of aromatic nitrogens is 1. The summed E-state index contributed by atoms with van der Waals surface area (Å²) in [4.78, 5) is 0.0185. The normalized spacial score (nSPS) is 11.3. The third-order valence-electron chi connectivity index (χ3n) is 2.28. The molecule has 0 unspecified atom stereocenters. The number of nitrogens with one attached hydrogen (secondary N) is 1. The van der Waals surface area contributed by atoms with Gasteiger partial charge in [0.15, 0.2) is 5.82 Å². The van der Waals surface area contributed by atoms with Gasteiger partial charge in [0.05, 0.1) is 7.11 Å². The first-order valence-corrected chi connectivity index (χ1v) is 7.49. The molecule has 1 N–H and O–H groups in total. The highest BCUT2D eigenvalue weighted by molar-refractivity contribution is 9.10. The van der Waals surface area contributed by atoms with Crippen LogP contribution >= 0.6 is 15.9 Å². The summed E-state index contributed by atoms with van der Waals surface area (Å²) in [6, 6.07) is 6.20. The van der Waals surface area contributed by atoms with E-state index in [1.54, 1.807) is 19.1 Å². The molecule has 0 amide bonds. The smallest absolute Gasteiger partial charge is 0.266 e. The predicted molar refractivity (Wildman–Crippen MR) is 72.7 cm³/mol. The molecule has 19 heavy (non-hydrogen) atoms. The summed E-state index contributed by atoms with van der Waals surface area (Å²) in [7, 11) is -2.39. The van der Waals surface area contributed by atoms with Crippen LogP contribution in [0.15, 0.2) is 38.2 Å². The van der Waals surface area contributed by atoms with E-state index in [2.05, 4.69) is 25.8 Å². The van der Waals surface area contributed by atoms with E-state index in [1.165, 1.54) is 19.2 Å². The van der Waals surface area contributed by atoms with Crippen LogP contribution < -0.4 is 9.46 Å². The van der Waals surface area contributed by atoms with E-state index in [4.69, 9.17) is 9.26 Å². The lowest BCUT2D eigenvalue weighted by Gasteiger charge is -2.10. The van der Waals surface area contributed by atoms with E-state index >= 15 is 0 Å². The first-order chi connectivity index (χ1) is 8.92. The van der Waals surface area contributed by atoms with Crippen LogP contribution in [-0.4, -0.2) is 20.7 Å². The van der Waals surface area contributed by atoms with Gasteiger partial charge in [0, 0.05) is 10.5 Å². The van der Waals surface area contributed by atoms with Gasteiger partial charge in [0.1, 0.15) is 16.4 Å². The second-order valence-electron chi connectivity index (χ2n) is 3.72. The SMILES string of the molecule is COc1ccc(Br)cc1S(=O)(=O)Nc1cc(C)on1. The van der Waals surface area contributed by atoms with Gasteiger partial charge in [-0.3, -0.25) is 4.72 Å². The molecule has 0 aliphatic rings. The van der Waals surface area contributed by atoms with E-state index in [-0.39, 0.29) is 16.5 Å². The third kappa shape index (κ3) is 3.07. The maximum absolute atomic E-state index is 12.2. The average molecular weight is 347 g/mol. The zero-order valence-corrected chi connectivity index (χ0v) is 12.6. The van der Waals surface area contributed by atoms with Gasteiger partial charge in [-0.15, -0.1) is 0 Å². The number of halogens is 1. The number of nitrogens with zero attached hydrogens (tertiary/aromatic N) is 1. The lowest BCUT2D eigenvalue weighted by Crippen LogP contribution is -2.14. The molecule has 0 aliphatic heterocycles. The number of ether oxygens (including phenoxy) is 1. The summed E-state index contributed by atoms with van der Waals surface area (Å²) in [5, 5.41) is 3.59. The monoisotopic (exact) mass is 346 g/mol. The Bertz CT molecular complexity index is 696.